The number of ether oxygens (including phenoxy) is 2. The predicted octanol–water partition coefficient (Wildman–Crippen LogP) is 3.77. The van der Waals surface area contributed by atoms with Gasteiger partial charge in [0.2, 0.25) is 35.4 Å². The van der Waals surface area contributed by atoms with Gasteiger partial charge >= 0.3 is 0 Å². The quantitative estimate of drug-likeness (QED) is 0.0907. The van der Waals surface area contributed by atoms with Crippen molar-refractivity contribution >= 4 is 47.3 Å². The van der Waals surface area contributed by atoms with E-state index in [-0.39, 0.29) is 61.0 Å². The molecular formula is C60H84N10O10. The molecule has 0 spiro atoms. The molecule has 2 aliphatic carbocycles. The smallest absolute Gasteiger partial charge is 0.251 e. The van der Waals surface area contributed by atoms with Gasteiger partial charge in [0, 0.05) is 36.3 Å². The summed E-state index contributed by atoms with van der Waals surface area (Å²) < 4.78 is 11.0. The first kappa shape index (κ1) is 60.6. The minimum atomic E-state index is -1.02. The molecule has 0 saturated carbocycles. The molecule has 10 atom stereocenters. The number of nitrogens with zero attached hydrogens (tertiary/aromatic N) is 2. The normalized spacial score (nSPS) is 22.2. The number of carbonyl (C=O) groups is 8. The van der Waals surface area contributed by atoms with Crippen molar-refractivity contribution in [2.45, 2.75) is 167 Å². The van der Waals surface area contributed by atoms with Crippen LogP contribution >= 0.6 is 0 Å². The molecule has 2 fully saturated rings. The monoisotopic (exact) mass is 1100 g/mol. The molecule has 4 aliphatic rings. The van der Waals surface area contributed by atoms with E-state index in [1.54, 1.807) is 60.4 Å². The largest absolute Gasteiger partial charge is 0.497 e. The van der Waals surface area contributed by atoms with Crippen molar-refractivity contribution < 1.29 is 47.8 Å². The fourth-order valence-electron chi connectivity index (χ4n) is 11.3. The molecule has 434 valence electrons. The van der Waals surface area contributed by atoms with Gasteiger partial charge in [-0.25, -0.2) is 0 Å². The number of rotatable bonds is 18. The number of nitrogens with one attached hydrogen (secondary N) is 8. The van der Waals surface area contributed by atoms with Crippen LogP contribution in [-0.4, -0.2) is 147 Å². The van der Waals surface area contributed by atoms with Crippen LogP contribution in [-0.2, 0) is 41.6 Å². The SMILES string of the molecule is CN[C@@H](C)C(=O)N[C@H](C(=O)N1C[C@@H](NC(=O)c2cccc(C(=O)N[C@H]3C[C@@H](C(=O)N[C@@H]4CCCc5ccc(OC)cc54)N(C(=O)[C@@H](NC(=O)[C@H](C)NC)C(C)(C)C)C3)c2)C[C@H]1C(=O)N[C@@H]1CCCc2ccc(OC)cc21)C(C)(C)C. The number of hydrogen-bond acceptors (Lipinski definition) is 12. The van der Waals surface area contributed by atoms with E-state index in [0.29, 0.717) is 24.3 Å². The highest BCUT2D eigenvalue weighted by atomic mass is 16.5. The molecule has 80 heavy (non-hydrogen) atoms. The minimum Gasteiger partial charge on any atom is -0.497 e. The maximum Gasteiger partial charge on any atom is 0.251 e. The lowest BCUT2D eigenvalue weighted by Crippen LogP contribution is -2.59. The van der Waals surface area contributed by atoms with Crippen LogP contribution in [0.25, 0.3) is 0 Å². The van der Waals surface area contributed by atoms with Crippen LogP contribution < -0.4 is 52.0 Å². The molecule has 20 nitrogen and oxygen atoms in total. The van der Waals surface area contributed by atoms with E-state index in [1.807, 2.05) is 77.9 Å². The molecule has 7 rings (SSSR count). The molecule has 3 aromatic rings. The fourth-order valence-corrected chi connectivity index (χ4v) is 11.3. The summed E-state index contributed by atoms with van der Waals surface area (Å²) in [7, 11) is 6.47. The van der Waals surface area contributed by atoms with Gasteiger partial charge in [-0.15, -0.1) is 0 Å². The second-order valence-corrected chi connectivity index (χ2v) is 24.1. The molecule has 8 amide bonds. The van der Waals surface area contributed by atoms with Gasteiger partial charge in [0.25, 0.3) is 11.8 Å². The first-order valence-corrected chi connectivity index (χ1v) is 28.1. The maximum atomic E-state index is 14.8. The second-order valence-electron chi connectivity index (χ2n) is 24.1. The standard InChI is InChI=1S/C60H84N10O10/c1-33(61-9)51(71)67-49(59(3,4)5)57(77)69-31-39(27-47(69)55(75)65-45-20-14-16-35-22-24-41(79-11)29-43(35)45)63-53(73)37-18-13-19-38(26-37)54(74)64-40-28-48(56(76)66-46-21-15-17-36-23-25-42(80-12)30-44(36)46)70(32-40)58(78)50(60(6,7)8)68-52(72)34(2)62-10/h13,18-19,22-26,29-30,33-34,39-40,45-50,61-62H,14-17,20-21,27-28,31-32H2,1-12H3,(H,63,73)(H,64,74)(H,65,75)(H,66,76)(H,67,71)(H,68,72)/t33-,34-,39-,40-,45+,46+,47-,48-,49+,50+/m0/s1. The summed E-state index contributed by atoms with van der Waals surface area (Å²) in [5, 5.41) is 24.1. The number of aryl methyl sites for hydroxylation is 2. The number of hydrogen-bond donors (Lipinski definition) is 8. The lowest BCUT2D eigenvalue weighted by molar-refractivity contribution is -0.144. The minimum absolute atomic E-state index is 0.0384. The Morgan fingerprint density at radius 2 is 0.938 bits per heavy atom. The van der Waals surface area contributed by atoms with Crippen molar-refractivity contribution in [2.24, 2.45) is 10.8 Å². The van der Waals surface area contributed by atoms with Crippen molar-refractivity contribution in [2.75, 3.05) is 41.4 Å². The number of likely N-dealkylation sites (N-methyl/N-ethyl adjacent to an activating group) is 2. The van der Waals surface area contributed by atoms with E-state index < -0.39 is 94.6 Å². The fraction of sp³-hybridized carbons (Fsp3) is 0.567. The van der Waals surface area contributed by atoms with Gasteiger partial charge in [-0.3, -0.25) is 38.4 Å². The third-order valence-corrected chi connectivity index (χ3v) is 16.3. The van der Waals surface area contributed by atoms with Gasteiger partial charge in [-0.2, -0.15) is 0 Å². The summed E-state index contributed by atoms with van der Waals surface area (Å²) >= 11 is 0. The van der Waals surface area contributed by atoms with E-state index in [1.165, 1.54) is 15.9 Å². The van der Waals surface area contributed by atoms with E-state index >= 15 is 0 Å². The van der Waals surface area contributed by atoms with Crippen LogP contribution in [0.5, 0.6) is 11.5 Å². The average Bonchev–Trinajstić information content (AvgIpc) is 4.07. The van der Waals surface area contributed by atoms with Gasteiger partial charge in [-0.1, -0.05) is 59.7 Å². The van der Waals surface area contributed by atoms with Crippen molar-refractivity contribution in [1.82, 2.24) is 52.3 Å². The lowest BCUT2D eigenvalue weighted by Gasteiger charge is -2.36. The third-order valence-electron chi connectivity index (χ3n) is 16.3. The Labute approximate surface area is 470 Å². The molecule has 2 heterocycles. The number of methoxy groups -OCH3 is 2. The van der Waals surface area contributed by atoms with Crippen LogP contribution in [0.2, 0.25) is 0 Å². The zero-order valence-corrected chi connectivity index (χ0v) is 48.6. The van der Waals surface area contributed by atoms with Gasteiger partial charge in [0.1, 0.15) is 35.7 Å². The van der Waals surface area contributed by atoms with Gasteiger partial charge in [-0.05, 0) is 155 Å². The highest BCUT2D eigenvalue weighted by Crippen LogP contribution is 2.36. The van der Waals surface area contributed by atoms with Crippen LogP contribution in [0.1, 0.15) is 149 Å². The van der Waals surface area contributed by atoms with Gasteiger partial charge < -0.3 is 61.8 Å². The third kappa shape index (κ3) is 14.1. The van der Waals surface area contributed by atoms with Gasteiger partial charge in [0.05, 0.1) is 38.4 Å². The molecule has 0 unspecified atom stereocenters. The molecule has 0 aromatic heterocycles. The Morgan fingerprint density at radius 3 is 1.29 bits per heavy atom. The van der Waals surface area contributed by atoms with Crippen molar-refractivity contribution in [3.8, 4) is 11.5 Å². The molecular weight excluding hydrogens is 1020 g/mol. The van der Waals surface area contributed by atoms with E-state index in [2.05, 4.69) is 42.5 Å². The Kier molecular flexibility index (Phi) is 19.4. The molecule has 3 aromatic carbocycles. The topological polar surface area (TPSA) is 258 Å². The number of fused-ring (bicyclic) bond motifs is 2. The number of benzene rings is 3. The second kappa shape index (κ2) is 25.6. The molecule has 0 radical (unpaired) electrons. The molecule has 8 N–H and O–H groups in total. The summed E-state index contributed by atoms with van der Waals surface area (Å²) in [5.74, 6) is -2.27. The summed E-state index contributed by atoms with van der Waals surface area (Å²) in [6, 6.07) is 10.4. The zero-order chi connectivity index (χ0) is 58.4. The Morgan fingerprint density at radius 1 is 0.550 bits per heavy atom. The first-order valence-electron chi connectivity index (χ1n) is 28.1. The van der Waals surface area contributed by atoms with Crippen LogP contribution in [0.4, 0.5) is 0 Å². The predicted molar refractivity (Wildman–Crippen MR) is 303 cm³/mol. The summed E-state index contributed by atoms with van der Waals surface area (Å²) in [6.45, 7) is 14.3. The molecule has 0 bridgehead atoms. The van der Waals surface area contributed by atoms with Crippen molar-refractivity contribution in [3.05, 3.63) is 94.0 Å². The highest BCUT2D eigenvalue weighted by Gasteiger charge is 2.48. The number of likely N-dealkylation sites (tertiary alicyclic amines) is 2. The van der Waals surface area contributed by atoms with Crippen LogP contribution in [0.3, 0.4) is 0 Å². The summed E-state index contributed by atoms with van der Waals surface area (Å²) in [5.41, 5.74) is 2.82. The Hall–Kier alpha value is -7.06. The lowest BCUT2D eigenvalue weighted by atomic mass is 9.85. The molecule has 20 heteroatoms. The highest BCUT2D eigenvalue weighted by molar-refractivity contribution is 6.01. The number of carbonyl (C=O) groups excluding carboxylic acids is 8. The average molecular weight is 1110 g/mol. The number of amides is 8. The van der Waals surface area contributed by atoms with E-state index in [0.717, 1.165) is 47.9 Å². The van der Waals surface area contributed by atoms with Gasteiger partial charge in [0.15, 0.2) is 0 Å². The first-order chi connectivity index (χ1) is 37.8. The maximum absolute atomic E-state index is 14.8. The molecule has 2 saturated heterocycles. The van der Waals surface area contributed by atoms with E-state index in [4.69, 9.17) is 9.47 Å². The van der Waals surface area contributed by atoms with Crippen LogP contribution in [0, 0.1) is 10.8 Å². The van der Waals surface area contributed by atoms with Crippen molar-refractivity contribution in [3.63, 3.8) is 0 Å². The summed E-state index contributed by atoms with van der Waals surface area (Å²) in [4.78, 5) is 117. The zero-order valence-electron chi connectivity index (χ0n) is 48.6. The summed E-state index contributed by atoms with van der Waals surface area (Å²) in [6.07, 6.45) is 4.86. The Bertz CT molecular complexity index is 2630. The Balaban J connectivity index is 1.10. The van der Waals surface area contributed by atoms with Crippen LogP contribution in [0.15, 0.2) is 60.7 Å². The van der Waals surface area contributed by atoms with E-state index in [9.17, 15) is 38.4 Å². The molecule has 2 aliphatic heterocycles. The van der Waals surface area contributed by atoms with Crippen molar-refractivity contribution in [1.29, 1.82) is 0 Å².